The Morgan fingerprint density at radius 1 is 1.33 bits per heavy atom. The molecule has 0 aliphatic carbocycles. The van der Waals surface area contributed by atoms with E-state index in [1.54, 1.807) is 6.20 Å². The second-order valence-electron chi connectivity index (χ2n) is 2.53. The van der Waals surface area contributed by atoms with Crippen molar-refractivity contribution in [2.75, 3.05) is 0 Å². The lowest BCUT2D eigenvalue weighted by Gasteiger charge is -1.91. The van der Waals surface area contributed by atoms with Gasteiger partial charge >= 0.3 is 0 Å². The number of aromatic nitrogens is 5. The average Bonchev–Trinajstić information content (AvgIpc) is 2.71. The molecule has 1 N–H and O–H groups in total. The van der Waals surface area contributed by atoms with E-state index in [4.69, 9.17) is 0 Å². The van der Waals surface area contributed by atoms with Crippen molar-refractivity contribution in [2.45, 2.75) is 0 Å². The standard InChI is InChI=1S/C7H5N5/c1-2-6-8-4-5-7(10-11-9-5)12(6)3-1/h1-4H,(H,9,10,11). The van der Waals surface area contributed by atoms with E-state index in [0.717, 1.165) is 16.8 Å². The molecule has 3 heterocycles. The topological polar surface area (TPSA) is 58.9 Å². The number of nitrogens with zero attached hydrogens (tertiary/aromatic N) is 4. The highest BCUT2D eigenvalue weighted by Gasteiger charge is 2.02. The van der Waals surface area contributed by atoms with E-state index in [0.29, 0.717) is 0 Å². The van der Waals surface area contributed by atoms with Gasteiger partial charge in [0.15, 0.2) is 5.65 Å². The Hall–Kier alpha value is -1.91. The highest BCUT2D eigenvalue weighted by molar-refractivity contribution is 5.71. The van der Waals surface area contributed by atoms with Crippen LogP contribution in [0.15, 0.2) is 24.5 Å². The summed E-state index contributed by atoms with van der Waals surface area (Å²) in [6.45, 7) is 0. The Balaban J connectivity index is 2.71. The number of H-pyrrole nitrogens is 1. The molecule has 5 nitrogen and oxygen atoms in total. The molecule has 0 radical (unpaired) electrons. The fourth-order valence-electron chi connectivity index (χ4n) is 1.28. The van der Waals surface area contributed by atoms with Crippen molar-refractivity contribution >= 4 is 16.8 Å². The van der Waals surface area contributed by atoms with Crippen molar-refractivity contribution in [2.24, 2.45) is 0 Å². The molecule has 58 valence electrons. The molecule has 3 rings (SSSR count). The number of hydrogen-bond donors (Lipinski definition) is 1. The molecule has 0 amide bonds. The van der Waals surface area contributed by atoms with Crippen molar-refractivity contribution < 1.29 is 0 Å². The van der Waals surface area contributed by atoms with Crippen molar-refractivity contribution in [3.63, 3.8) is 0 Å². The monoisotopic (exact) mass is 159 g/mol. The minimum atomic E-state index is 0.777. The average molecular weight is 159 g/mol. The largest absolute Gasteiger partial charge is 0.283 e. The first-order valence-corrected chi connectivity index (χ1v) is 3.58. The third-order valence-electron chi connectivity index (χ3n) is 1.83. The molecular weight excluding hydrogens is 154 g/mol. The molecule has 0 aliphatic rings. The lowest BCUT2D eigenvalue weighted by molar-refractivity contribution is 0.950. The quantitative estimate of drug-likeness (QED) is 0.522. The van der Waals surface area contributed by atoms with Gasteiger partial charge in [-0.05, 0) is 12.1 Å². The summed E-state index contributed by atoms with van der Waals surface area (Å²) in [6, 6.07) is 3.85. The first-order chi connectivity index (χ1) is 5.95. The molecule has 0 unspecified atom stereocenters. The summed E-state index contributed by atoms with van der Waals surface area (Å²) in [7, 11) is 0. The Bertz CT molecular complexity index is 485. The van der Waals surface area contributed by atoms with Crippen molar-refractivity contribution in [3.05, 3.63) is 24.5 Å². The van der Waals surface area contributed by atoms with Crippen molar-refractivity contribution in [1.29, 1.82) is 0 Å². The Morgan fingerprint density at radius 3 is 3.33 bits per heavy atom. The molecule has 5 heteroatoms. The van der Waals surface area contributed by atoms with Gasteiger partial charge in [0.1, 0.15) is 11.2 Å². The summed E-state index contributed by atoms with van der Waals surface area (Å²) in [6.07, 6.45) is 3.61. The van der Waals surface area contributed by atoms with Crippen molar-refractivity contribution in [1.82, 2.24) is 24.8 Å². The summed E-state index contributed by atoms with van der Waals surface area (Å²) >= 11 is 0. The van der Waals surface area contributed by atoms with Crippen LogP contribution in [0.25, 0.3) is 16.8 Å². The van der Waals surface area contributed by atoms with E-state index >= 15 is 0 Å². The summed E-state index contributed by atoms with van der Waals surface area (Å²) in [5, 5.41) is 10.5. The van der Waals surface area contributed by atoms with E-state index in [1.807, 2.05) is 22.7 Å². The number of rotatable bonds is 0. The lowest BCUT2D eigenvalue weighted by atomic mass is 10.5. The van der Waals surface area contributed by atoms with E-state index in [1.165, 1.54) is 0 Å². The SMILES string of the molecule is c1cc2ncc3n[nH]nc3n2c1. The highest BCUT2D eigenvalue weighted by Crippen LogP contribution is 2.09. The Kier molecular flexibility index (Phi) is 0.864. The van der Waals surface area contributed by atoms with Crippen LogP contribution in [0.1, 0.15) is 0 Å². The van der Waals surface area contributed by atoms with Crippen LogP contribution in [-0.2, 0) is 0 Å². The van der Waals surface area contributed by atoms with Crippen LogP contribution in [0, 0.1) is 0 Å². The maximum atomic E-state index is 4.18. The molecule has 0 bridgehead atoms. The number of hydrogen-bond acceptors (Lipinski definition) is 3. The Morgan fingerprint density at radius 2 is 2.33 bits per heavy atom. The van der Waals surface area contributed by atoms with E-state index < -0.39 is 0 Å². The predicted molar refractivity (Wildman–Crippen MR) is 42.6 cm³/mol. The van der Waals surface area contributed by atoms with Crippen LogP contribution < -0.4 is 0 Å². The van der Waals surface area contributed by atoms with Gasteiger partial charge in [0.05, 0.1) is 6.20 Å². The zero-order valence-corrected chi connectivity index (χ0v) is 6.10. The van der Waals surface area contributed by atoms with Gasteiger partial charge in [0.2, 0.25) is 0 Å². The second-order valence-corrected chi connectivity index (χ2v) is 2.53. The summed E-state index contributed by atoms with van der Waals surface area (Å²) in [4.78, 5) is 4.18. The fourth-order valence-corrected chi connectivity index (χ4v) is 1.28. The number of aromatic amines is 1. The van der Waals surface area contributed by atoms with Gasteiger partial charge in [-0.3, -0.25) is 4.40 Å². The predicted octanol–water partition coefficient (Wildman–Crippen LogP) is 0.606. The summed E-state index contributed by atoms with van der Waals surface area (Å²) < 4.78 is 1.89. The van der Waals surface area contributed by atoms with Crippen LogP contribution in [0.5, 0.6) is 0 Å². The normalized spacial score (nSPS) is 11.3. The molecular formula is C7H5N5. The third kappa shape index (κ3) is 0.554. The van der Waals surface area contributed by atoms with Gasteiger partial charge in [-0.1, -0.05) is 0 Å². The molecule has 3 aromatic rings. The highest BCUT2D eigenvalue weighted by atomic mass is 15.4. The van der Waals surface area contributed by atoms with Crippen LogP contribution in [0.2, 0.25) is 0 Å². The number of fused-ring (bicyclic) bond motifs is 3. The van der Waals surface area contributed by atoms with Gasteiger partial charge in [-0.15, -0.1) is 5.10 Å². The molecule has 0 spiro atoms. The van der Waals surface area contributed by atoms with E-state index in [2.05, 4.69) is 20.4 Å². The molecule has 0 saturated heterocycles. The zero-order chi connectivity index (χ0) is 7.97. The second kappa shape index (κ2) is 1.82. The zero-order valence-electron chi connectivity index (χ0n) is 6.10. The maximum absolute atomic E-state index is 4.18. The number of nitrogens with one attached hydrogen (secondary N) is 1. The molecule has 0 aromatic carbocycles. The van der Waals surface area contributed by atoms with Crippen LogP contribution in [0.3, 0.4) is 0 Å². The maximum Gasteiger partial charge on any atom is 0.189 e. The van der Waals surface area contributed by atoms with Gasteiger partial charge in [-0.2, -0.15) is 10.3 Å². The smallest absolute Gasteiger partial charge is 0.189 e. The fraction of sp³-hybridized carbons (Fsp3) is 0. The first-order valence-electron chi connectivity index (χ1n) is 3.58. The molecule has 0 fully saturated rings. The molecule has 12 heavy (non-hydrogen) atoms. The minimum Gasteiger partial charge on any atom is -0.283 e. The molecule has 3 aromatic heterocycles. The molecule has 0 atom stereocenters. The first kappa shape index (κ1) is 5.70. The van der Waals surface area contributed by atoms with Gasteiger partial charge in [0.25, 0.3) is 0 Å². The Labute approximate surface area is 67.0 Å². The lowest BCUT2D eigenvalue weighted by Crippen LogP contribution is -1.87. The van der Waals surface area contributed by atoms with Gasteiger partial charge in [-0.25, -0.2) is 4.98 Å². The van der Waals surface area contributed by atoms with Crippen LogP contribution in [-0.4, -0.2) is 24.8 Å². The van der Waals surface area contributed by atoms with Crippen LogP contribution >= 0.6 is 0 Å². The van der Waals surface area contributed by atoms with Crippen LogP contribution in [0.4, 0.5) is 0 Å². The van der Waals surface area contributed by atoms with Crippen molar-refractivity contribution in [3.8, 4) is 0 Å². The molecule has 0 saturated carbocycles. The molecule has 0 aliphatic heterocycles. The van der Waals surface area contributed by atoms with Gasteiger partial charge < -0.3 is 0 Å². The summed E-state index contributed by atoms with van der Waals surface area (Å²) in [5.74, 6) is 0. The van der Waals surface area contributed by atoms with E-state index in [-0.39, 0.29) is 0 Å². The minimum absolute atomic E-state index is 0.777. The van der Waals surface area contributed by atoms with Gasteiger partial charge in [0, 0.05) is 6.20 Å². The summed E-state index contributed by atoms with van der Waals surface area (Å²) in [5.41, 5.74) is 2.47. The third-order valence-corrected chi connectivity index (χ3v) is 1.83. The van der Waals surface area contributed by atoms with E-state index in [9.17, 15) is 0 Å².